The Kier molecular flexibility index (Phi) is 4.27. The van der Waals surface area contributed by atoms with Gasteiger partial charge in [0.05, 0.1) is 0 Å². The summed E-state index contributed by atoms with van der Waals surface area (Å²) in [5.41, 5.74) is 0.519. The summed E-state index contributed by atoms with van der Waals surface area (Å²) in [5.74, 6) is -0.999. The van der Waals surface area contributed by atoms with E-state index >= 15 is 0 Å². The summed E-state index contributed by atoms with van der Waals surface area (Å²) in [4.78, 5) is 22.1. The molecule has 0 aliphatic heterocycles. The first-order chi connectivity index (χ1) is 9.54. The number of ether oxygens (including phenoxy) is 1. The fourth-order valence-corrected chi connectivity index (χ4v) is 1.55. The Morgan fingerprint density at radius 3 is 2.45 bits per heavy atom. The van der Waals surface area contributed by atoms with Crippen molar-refractivity contribution in [1.29, 1.82) is 0 Å². The number of carboxylic acids is 1. The van der Waals surface area contributed by atoms with Gasteiger partial charge in [0.15, 0.2) is 17.6 Å². The van der Waals surface area contributed by atoms with E-state index in [0.29, 0.717) is 11.4 Å². The Balaban J connectivity index is 1.96. The zero-order valence-electron chi connectivity index (χ0n) is 10.1. The molecule has 0 unspecified atom stereocenters. The number of anilines is 1. The number of benzene rings is 1. The van der Waals surface area contributed by atoms with Crippen molar-refractivity contribution in [3.8, 4) is 5.75 Å². The Hall–Kier alpha value is -2.47. The second-order valence-electron chi connectivity index (χ2n) is 3.76. The van der Waals surface area contributed by atoms with Crippen LogP contribution < -0.4 is 10.1 Å². The first-order valence-electron chi connectivity index (χ1n) is 5.56. The summed E-state index contributed by atoms with van der Waals surface area (Å²) in [6.45, 7) is -0.420. The van der Waals surface area contributed by atoms with Crippen LogP contribution in [-0.2, 0) is 4.79 Å². The number of rotatable bonds is 5. The molecule has 1 amide bonds. The number of carbonyl (C=O) groups is 2. The molecule has 0 bridgehead atoms. The highest BCUT2D eigenvalue weighted by Gasteiger charge is 2.10. The third kappa shape index (κ3) is 3.76. The molecule has 0 saturated carbocycles. The Bertz CT molecular complexity index is 620. The van der Waals surface area contributed by atoms with Crippen LogP contribution in [0.5, 0.6) is 5.75 Å². The van der Waals surface area contributed by atoms with E-state index in [0.717, 1.165) is 0 Å². The standard InChI is InChI=1S/C13H10ClNO5/c14-11-6-5-10(20-11)13(18)15-8-1-3-9(4-2-8)19-7-12(16)17/h1-6H,7H2,(H,15,18)(H,16,17). The Labute approximate surface area is 118 Å². The second kappa shape index (κ2) is 6.12. The van der Waals surface area contributed by atoms with Crippen molar-refractivity contribution in [2.24, 2.45) is 0 Å². The van der Waals surface area contributed by atoms with Crippen LogP contribution in [0.4, 0.5) is 5.69 Å². The maximum atomic E-state index is 11.8. The van der Waals surface area contributed by atoms with Crippen molar-refractivity contribution in [3.05, 3.63) is 47.4 Å². The lowest BCUT2D eigenvalue weighted by atomic mass is 10.3. The quantitative estimate of drug-likeness (QED) is 0.885. The summed E-state index contributed by atoms with van der Waals surface area (Å²) < 4.78 is 9.94. The highest BCUT2D eigenvalue weighted by atomic mass is 35.5. The Morgan fingerprint density at radius 2 is 1.90 bits per heavy atom. The van der Waals surface area contributed by atoms with Crippen LogP contribution in [0.15, 0.2) is 40.8 Å². The average molecular weight is 296 g/mol. The fourth-order valence-electron chi connectivity index (χ4n) is 1.41. The largest absolute Gasteiger partial charge is 0.482 e. The van der Waals surface area contributed by atoms with E-state index in [9.17, 15) is 9.59 Å². The third-order valence-electron chi connectivity index (χ3n) is 2.27. The summed E-state index contributed by atoms with van der Waals surface area (Å²) >= 11 is 5.58. The van der Waals surface area contributed by atoms with Gasteiger partial charge in [-0.25, -0.2) is 4.79 Å². The van der Waals surface area contributed by atoms with Gasteiger partial charge in [0.1, 0.15) is 5.75 Å². The smallest absolute Gasteiger partial charge is 0.341 e. The van der Waals surface area contributed by atoms with Gasteiger partial charge in [-0.1, -0.05) is 0 Å². The monoisotopic (exact) mass is 295 g/mol. The predicted octanol–water partition coefficient (Wildman–Crippen LogP) is 2.65. The van der Waals surface area contributed by atoms with E-state index in [2.05, 4.69) is 5.32 Å². The topological polar surface area (TPSA) is 88.8 Å². The lowest BCUT2D eigenvalue weighted by Crippen LogP contribution is -2.11. The van der Waals surface area contributed by atoms with Crippen molar-refractivity contribution in [2.45, 2.75) is 0 Å². The van der Waals surface area contributed by atoms with E-state index in [-0.39, 0.29) is 11.0 Å². The van der Waals surface area contributed by atoms with Crippen LogP contribution in [0.25, 0.3) is 0 Å². The molecule has 0 aliphatic rings. The number of halogens is 1. The number of carbonyl (C=O) groups excluding carboxylic acids is 1. The maximum Gasteiger partial charge on any atom is 0.341 e. The van der Waals surface area contributed by atoms with E-state index in [1.165, 1.54) is 12.1 Å². The first kappa shape index (κ1) is 14.0. The van der Waals surface area contributed by atoms with E-state index < -0.39 is 18.5 Å². The molecule has 1 heterocycles. The van der Waals surface area contributed by atoms with Gasteiger partial charge in [-0.15, -0.1) is 0 Å². The molecule has 1 aromatic carbocycles. The van der Waals surface area contributed by atoms with Crippen molar-refractivity contribution >= 4 is 29.2 Å². The van der Waals surface area contributed by atoms with E-state index in [1.807, 2.05) is 0 Å². The van der Waals surface area contributed by atoms with Crippen molar-refractivity contribution in [1.82, 2.24) is 0 Å². The SMILES string of the molecule is O=C(O)COc1ccc(NC(=O)c2ccc(Cl)o2)cc1. The molecule has 20 heavy (non-hydrogen) atoms. The molecule has 0 atom stereocenters. The number of nitrogens with one attached hydrogen (secondary N) is 1. The fraction of sp³-hybridized carbons (Fsp3) is 0.0769. The second-order valence-corrected chi connectivity index (χ2v) is 4.14. The molecular formula is C13H10ClNO5. The number of aliphatic carboxylic acids is 1. The normalized spacial score (nSPS) is 10.1. The molecule has 0 radical (unpaired) electrons. The number of carboxylic acid groups (broad SMARTS) is 1. The summed E-state index contributed by atoms with van der Waals surface area (Å²) in [5, 5.41) is 11.2. The highest BCUT2D eigenvalue weighted by Crippen LogP contribution is 2.18. The number of furan rings is 1. The number of hydrogen-bond acceptors (Lipinski definition) is 4. The number of amides is 1. The van der Waals surface area contributed by atoms with Crippen LogP contribution >= 0.6 is 11.6 Å². The van der Waals surface area contributed by atoms with Crippen molar-refractivity contribution in [2.75, 3.05) is 11.9 Å². The maximum absolute atomic E-state index is 11.8. The summed E-state index contributed by atoms with van der Waals surface area (Å²) in [7, 11) is 0. The van der Waals surface area contributed by atoms with Gasteiger partial charge in [0.25, 0.3) is 5.91 Å². The van der Waals surface area contributed by atoms with Gasteiger partial charge >= 0.3 is 5.97 Å². The zero-order chi connectivity index (χ0) is 14.5. The molecule has 0 saturated heterocycles. The minimum atomic E-state index is -1.06. The molecule has 0 spiro atoms. The predicted molar refractivity (Wildman–Crippen MR) is 71.2 cm³/mol. The van der Waals surface area contributed by atoms with Crippen molar-refractivity contribution in [3.63, 3.8) is 0 Å². The molecule has 104 valence electrons. The molecule has 0 fully saturated rings. The van der Waals surface area contributed by atoms with E-state index in [4.69, 9.17) is 25.9 Å². The van der Waals surface area contributed by atoms with Gasteiger partial charge in [-0.3, -0.25) is 4.79 Å². The highest BCUT2D eigenvalue weighted by molar-refractivity contribution is 6.29. The van der Waals surface area contributed by atoms with E-state index in [1.54, 1.807) is 24.3 Å². The molecule has 0 aliphatic carbocycles. The molecular weight excluding hydrogens is 286 g/mol. The van der Waals surface area contributed by atoms with Gasteiger partial charge in [-0.05, 0) is 48.0 Å². The Morgan fingerprint density at radius 1 is 1.20 bits per heavy atom. The van der Waals surface area contributed by atoms with Gasteiger partial charge in [-0.2, -0.15) is 0 Å². The van der Waals surface area contributed by atoms with Gasteiger partial charge in [0.2, 0.25) is 0 Å². The van der Waals surface area contributed by atoms with Crippen LogP contribution in [0, 0.1) is 0 Å². The van der Waals surface area contributed by atoms with Gasteiger partial charge < -0.3 is 19.6 Å². The average Bonchev–Trinajstić information content (AvgIpc) is 2.85. The lowest BCUT2D eigenvalue weighted by Gasteiger charge is -2.05. The lowest BCUT2D eigenvalue weighted by molar-refractivity contribution is -0.139. The van der Waals surface area contributed by atoms with Crippen LogP contribution in [0.3, 0.4) is 0 Å². The molecule has 7 heteroatoms. The van der Waals surface area contributed by atoms with Gasteiger partial charge in [0, 0.05) is 5.69 Å². The van der Waals surface area contributed by atoms with Crippen molar-refractivity contribution < 1.29 is 23.8 Å². The van der Waals surface area contributed by atoms with Crippen LogP contribution in [0.1, 0.15) is 10.6 Å². The number of hydrogen-bond donors (Lipinski definition) is 2. The minimum Gasteiger partial charge on any atom is -0.482 e. The van der Waals surface area contributed by atoms with Crippen LogP contribution in [-0.4, -0.2) is 23.6 Å². The molecule has 6 nitrogen and oxygen atoms in total. The molecule has 2 aromatic rings. The first-order valence-corrected chi connectivity index (χ1v) is 5.94. The zero-order valence-corrected chi connectivity index (χ0v) is 10.9. The molecule has 2 N–H and O–H groups in total. The molecule has 2 rings (SSSR count). The molecule has 1 aromatic heterocycles. The summed E-state index contributed by atoms with van der Waals surface area (Å²) in [6, 6.07) is 9.20. The summed E-state index contributed by atoms with van der Waals surface area (Å²) in [6.07, 6.45) is 0. The third-order valence-corrected chi connectivity index (χ3v) is 2.47. The minimum absolute atomic E-state index is 0.0983. The van der Waals surface area contributed by atoms with Crippen LogP contribution in [0.2, 0.25) is 5.22 Å².